The number of methoxy groups -OCH3 is 1. The summed E-state index contributed by atoms with van der Waals surface area (Å²) in [4.78, 5) is 12.1. The monoisotopic (exact) mass is 410 g/mol. The van der Waals surface area contributed by atoms with Crippen molar-refractivity contribution in [3.8, 4) is 5.75 Å². The number of benzene rings is 1. The average Bonchev–Trinajstić information content (AvgIpc) is 3.40. The fraction of sp³-hybridized carbons (Fsp3) is 0.500. The Labute approximate surface area is 167 Å². The minimum absolute atomic E-state index is 0.0241. The lowest BCUT2D eigenvalue weighted by molar-refractivity contribution is -0.119. The third kappa shape index (κ3) is 5.60. The van der Waals surface area contributed by atoms with Crippen LogP contribution in [0.4, 0.5) is 0 Å². The first-order chi connectivity index (χ1) is 13.1. The molecule has 0 saturated heterocycles. The first-order valence-electron chi connectivity index (χ1n) is 8.80. The van der Waals surface area contributed by atoms with Gasteiger partial charge in [-0.15, -0.1) is 10.2 Å². The van der Waals surface area contributed by atoms with Gasteiger partial charge in [-0.2, -0.15) is 0 Å². The Hall–Kier alpha value is -1.77. The fourth-order valence-corrected chi connectivity index (χ4v) is 3.67. The van der Waals surface area contributed by atoms with Gasteiger partial charge in [0.05, 0.1) is 17.4 Å². The molecule has 0 bridgehead atoms. The van der Waals surface area contributed by atoms with Gasteiger partial charge < -0.3 is 14.8 Å². The molecule has 1 atom stereocenters. The summed E-state index contributed by atoms with van der Waals surface area (Å²) >= 11 is 7.52. The van der Waals surface area contributed by atoms with Crippen LogP contribution >= 0.6 is 23.4 Å². The topological polar surface area (TPSA) is 78.3 Å². The second-order valence-electron chi connectivity index (χ2n) is 6.43. The largest absolute Gasteiger partial charge is 0.484 e. The molecule has 1 N–H and O–H groups in total. The number of para-hydroxylation sites is 1. The van der Waals surface area contributed by atoms with Gasteiger partial charge in [0.1, 0.15) is 12.4 Å². The summed E-state index contributed by atoms with van der Waals surface area (Å²) in [6, 6.07) is 7.69. The zero-order valence-electron chi connectivity index (χ0n) is 15.4. The molecule has 0 spiro atoms. The second-order valence-corrected chi connectivity index (χ2v) is 7.78. The molecule has 0 unspecified atom stereocenters. The number of rotatable bonds is 10. The highest BCUT2D eigenvalue weighted by Gasteiger charge is 2.30. The van der Waals surface area contributed by atoms with E-state index in [0.717, 1.165) is 23.8 Å². The molecule has 1 aliphatic carbocycles. The van der Waals surface area contributed by atoms with Crippen LogP contribution in [0.2, 0.25) is 5.02 Å². The smallest absolute Gasteiger partial charge is 0.230 e. The molecule has 7 nitrogen and oxygen atoms in total. The number of thioether (sulfide) groups is 1. The van der Waals surface area contributed by atoms with Gasteiger partial charge in [-0.3, -0.25) is 9.36 Å². The Kier molecular flexibility index (Phi) is 6.98. The molecule has 1 amide bonds. The summed E-state index contributed by atoms with van der Waals surface area (Å²) in [5, 5.41) is 12.7. The number of nitrogens with zero attached hydrogens (tertiary/aromatic N) is 3. The van der Waals surface area contributed by atoms with Crippen LogP contribution in [0.5, 0.6) is 5.75 Å². The summed E-state index contributed by atoms with van der Waals surface area (Å²) in [6.07, 6.45) is 2.17. The second kappa shape index (κ2) is 9.43. The zero-order valence-corrected chi connectivity index (χ0v) is 16.9. The number of amides is 1. The van der Waals surface area contributed by atoms with Crippen LogP contribution in [0.25, 0.3) is 0 Å². The van der Waals surface area contributed by atoms with Crippen LogP contribution in [0.3, 0.4) is 0 Å². The molecular formula is C18H23ClN4O3S. The molecule has 1 saturated carbocycles. The van der Waals surface area contributed by atoms with Crippen molar-refractivity contribution >= 4 is 29.3 Å². The normalized spacial score (nSPS) is 14.8. The third-order valence-electron chi connectivity index (χ3n) is 4.00. The van der Waals surface area contributed by atoms with Crippen LogP contribution in [-0.4, -0.2) is 46.2 Å². The number of carbonyl (C=O) groups is 1. The molecule has 0 aliphatic heterocycles. The number of hydrogen-bond donors (Lipinski definition) is 1. The Morgan fingerprint density at radius 3 is 2.89 bits per heavy atom. The number of nitrogens with one attached hydrogen (secondary N) is 1. The Balaban J connectivity index is 1.60. The predicted octanol–water partition coefficient (Wildman–Crippen LogP) is 3.09. The van der Waals surface area contributed by atoms with E-state index in [1.54, 1.807) is 13.2 Å². The van der Waals surface area contributed by atoms with Crippen LogP contribution in [0.15, 0.2) is 29.4 Å². The minimum atomic E-state index is -0.0521. The predicted molar refractivity (Wildman–Crippen MR) is 104 cm³/mol. The summed E-state index contributed by atoms with van der Waals surface area (Å²) in [5.41, 5.74) is 0. The molecule has 1 aromatic heterocycles. The SMILES string of the molecule is COC[C@H](C)NC(=O)CSc1nnc(COc2ccccc2Cl)n1C1CC1. The van der Waals surface area contributed by atoms with E-state index < -0.39 is 0 Å². The van der Waals surface area contributed by atoms with Gasteiger partial charge >= 0.3 is 0 Å². The fourth-order valence-electron chi connectivity index (χ4n) is 2.65. The highest BCUT2D eigenvalue weighted by atomic mass is 35.5. The highest BCUT2D eigenvalue weighted by Crippen LogP contribution is 2.39. The van der Waals surface area contributed by atoms with Crippen molar-refractivity contribution in [1.29, 1.82) is 0 Å². The molecule has 3 rings (SSSR count). The molecule has 1 aliphatic rings. The number of hydrogen-bond acceptors (Lipinski definition) is 6. The lowest BCUT2D eigenvalue weighted by Gasteiger charge is -2.13. The Bertz CT molecular complexity index is 782. The van der Waals surface area contributed by atoms with Crippen LogP contribution in [0.1, 0.15) is 31.6 Å². The summed E-state index contributed by atoms with van der Waals surface area (Å²) < 4.78 is 12.9. The van der Waals surface area contributed by atoms with Crippen molar-refractivity contribution in [2.24, 2.45) is 0 Å². The van der Waals surface area contributed by atoms with E-state index in [9.17, 15) is 4.79 Å². The number of ether oxygens (including phenoxy) is 2. The van der Waals surface area contributed by atoms with Crippen molar-refractivity contribution in [2.45, 2.75) is 43.6 Å². The van der Waals surface area contributed by atoms with E-state index >= 15 is 0 Å². The van der Waals surface area contributed by atoms with Gasteiger partial charge in [0.2, 0.25) is 5.91 Å². The van der Waals surface area contributed by atoms with E-state index in [1.807, 2.05) is 25.1 Å². The molecule has 1 heterocycles. The van der Waals surface area contributed by atoms with Crippen LogP contribution in [-0.2, 0) is 16.1 Å². The standard InChI is InChI=1S/C18H23ClN4O3S/c1-12(9-25-2)20-17(24)11-27-18-22-21-16(23(18)13-7-8-13)10-26-15-6-4-3-5-14(15)19/h3-6,12-13H,7-11H2,1-2H3,(H,20,24)/t12-/m0/s1. The quantitative estimate of drug-likeness (QED) is 0.606. The molecule has 1 fully saturated rings. The molecule has 2 aromatic rings. The average molecular weight is 411 g/mol. The number of carbonyl (C=O) groups excluding carboxylic acids is 1. The minimum Gasteiger partial charge on any atom is -0.484 e. The molecule has 1 aromatic carbocycles. The lowest BCUT2D eigenvalue weighted by atomic mass is 10.3. The van der Waals surface area contributed by atoms with E-state index in [1.165, 1.54) is 11.8 Å². The maximum absolute atomic E-state index is 12.1. The van der Waals surface area contributed by atoms with E-state index in [4.69, 9.17) is 21.1 Å². The molecule has 27 heavy (non-hydrogen) atoms. The molecular weight excluding hydrogens is 388 g/mol. The molecule has 9 heteroatoms. The third-order valence-corrected chi connectivity index (χ3v) is 5.25. The summed E-state index contributed by atoms with van der Waals surface area (Å²) in [5.74, 6) is 1.59. The van der Waals surface area contributed by atoms with Crippen molar-refractivity contribution in [3.05, 3.63) is 35.1 Å². The zero-order chi connectivity index (χ0) is 19.2. The van der Waals surface area contributed by atoms with Crippen LogP contribution in [0, 0.1) is 0 Å². The first-order valence-corrected chi connectivity index (χ1v) is 10.2. The maximum atomic E-state index is 12.1. The van der Waals surface area contributed by atoms with E-state index in [-0.39, 0.29) is 24.3 Å². The first kappa shape index (κ1) is 20.0. The summed E-state index contributed by atoms with van der Waals surface area (Å²) in [6.45, 7) is 2.67. The van der Waals surface area contributed by atoms with Gasteiger partial charge in [0.25, 0.3) is 0 Å². The van der Waals surface area contributed by atoms with Gasteiger partial charge in [0, 0.05) is 19.2 Å². The molecule has 0 radical (unpaired) electrons. The van der Waals surface area contributed by atoms with Gasteiger partial charge in [-0.1, -0.05) is 35.5 Å². The number of aromatic nitrogens is 3. The van der Waals surface area contributed by atoms with Gasteiger partial charge in [-0.05, 0) is 31.9 Å². The van der Waals surface area contributed by atoms with Gasteiger partial charge in [-0.25, -0.2) is 0 Å². The maximum Gasteiger partial charge on any atom is 0.230 e. The Morgan fingerprint density at radius 2 is 2.19 bits per heavy atom. The van der Waals surface area contributed by atoms with E-state index in [0.29, 0.717) is 23.4 Å². The van der Waals surface area contributed by atoms with Gasteiger partial charge in [0.15, 0.2) is 11.0 Å². The van der Waals surface area contributed by atoms with Crippen molar-refractivity contribution in [1.82, 2.24) is 20.1 Å². The van der Waals surface area contributed by atoms with Crippen molar-refractivity contribution < 1.29 is 14.3 Å². The van der Waals surface area contributed by atoms with Crippen molar-refractivity contribution in [2.75, 3.05) is 19.5 Å². The lowest BCUT2D eigenvalue weighted by Crippen LogP contribution is -2.36. The highest BCUT2D eigenvalue weighted by molar-refractivity contribution is 7.99. The van der Waals surface area contributed by atoms with E-state index in [2.05, 4.69) is 20.1 Å². The Morgan fingerprint density at radius 1 is 1.41 bits per heavy atom. The van der Waals surface area contributed by atoms with Crippen LogP contribution < -0.4 is 10.1 Å². The molecule has 146 valence electrons. The van der Waals surface area contributed by atoms with Crippen molar-refractivity contribution in [3.63, 3.8) is 0 Å². The number of halogens is 1. The summed E-state index contributed by atoms with van der Waals surface area (Å²) in [7, 11) is 1.61.